The quantitative estimate of drug-likeness (QED) is 0.192. The first-order valence-corrected chi connectivity index (χ1v) is 10.4. The van der Waals surface area contributed by atoms with Crippen LogP contribution in [0.4, 0.5) is 17.6 Å². The van der Waals surface area contributed by atoms with Crippen LogP contribution in [0.3, 0.4) is 0 Å². The van der Waals surface area contributed by atoms with Gasteiger partial charge < -0.3 is 4.55 Å². The number of benzene rings is 1. The fourth-order valence-corrected chi connectivity index (χ4v) is 3.98. The highest BCUT2D eigenvalue weighted by Gasteiger charge is 2.36. The minimum Gasteiger partial charge on any atom is -0.741 e. The van der Waals surface area contributed by atoms with Crippen molar-refractivity contribution < 1.29 is 35.1 Å². The molecule has 1 aromatic heterocycles. The first-order valence-electron chi connectivity index (χ1n) is 6.66. The molecule has 0 aliphatic rings. The van der Waals surface area contributed by atoms with E-state index in [1.54, 1.807) is 17.8 Å². The number of rotatable bonds is 2. The monoisotopic (exact) mass is 381 g/mol. The Balaban J connectivity index is 0.000000307. The van der Waals surface area contributed by atoms with Crippen LogP contribution in [-0.4, -0.2) is 27.3 Å². The molecule has 4 nitrogen and oxygen atoms in total. The highest BCUT2D eigenvalue weighted by atomic mass is 32.2. The van der Waals surface area contributed by atoms with Crippen LogP contribution in [0.25, 0.3) is 0 Å². The molecule has 0 fully saturated rings. The fraction of sp³-hybridized carbons (Fsp3) is 0.214. The SMILES string of the molecule is C[n+]1cccc([SiH](C)c2ccccc2)c1F.O=S(=O)([O-])C(F)(F)F. The zero-order chi connectivity index (χ0) is 18.5. The van der Waals surface area contributed by atoms with Crippen LogP contribution in [0.2, 0.25) is 6.55 Å². The Morgan fingerprint density at radius 1 is 1.08 bits per heavy atom. The van der Waals surface area contributed by atoms with E-state index in [0.29, 0.717) is 0 Å². The first kappa shape index (κ1) is 20.3. The summed E-state index contributed by atoms with van der Waals surface area (Å²) >= 11 is 0. The summed E-state index contributed by atoms with van der Waals surface area (Å²) in [5.41, 5.74) is -5.65. The summed E-state index contributed by atoms with van der Waals surface area (Å²) in [6.07, 6.45) is 1.74. The zero-order valence-corrected chi connectivity index (χ0v) is 14.8. The molecule has 0 amide bonds. The van der Waals surface area contributed by atoms with Gasteiger partial charge in [-0.15, -0.1) is 4.39 Å². The topological polar surface area (TPSA) is 61.1 Å². The Hall–Kier alpha value is -1.78. The lowest BCUT2D eigenvalue weighted by atomic mass is 10.4. The molecule has 1 aromatic carbocycles. The molecule has 132 valence electrons. The van der Waals surface area contributed by atoms with E-state index in [4.69, 9.17) is 13.0 Å². The lowest BCUT2D eigenvalue weighted by Crippen LogP contribution is -2.48. The molecule has 0 radical (unpaired) electrons. The summed E-state index contributed by atoms with van der Waals surface area (Å²) < 4.78 is 74.4. The first-order chi connectivity index (χ1) is 10.9. The van der Waals surface area contributed by atoms with Crippen LogP contribution in [-0.2, 0) is 17.2 Å². The molecule has 0 aliphatic heterocycles. The summed E-state index contributed by atoms with van der Waals surface area (Å²) in [4.78, 5) is 0. The van der Waals surface area contributed by atoms with Gasteiger partial charge in [0.25, 0.3) is 0 Å². The van der Waals surface area contributed by atoms with Crippen molar-refractivity contribution in [3.05, 3.63) is 54.6 Å². The van der Waals surface area contributed by atoms with Crippen molar-refractivity contribution in [2.45, 2.75) is 12.1 Å². The number of pyridine rings is 1. The van der Waals surface area contributed by atoms with Gasteiger partial charge in [-0.1, -0.05) is 42.1 Å². The lowest BCUT2D eigenvalue weighted by Gasteiger charge is -2.09. The van der Waals surface area contributed by atoms with Gasteiger partial charge in [0.05, 0.1) is 0 Å². The molecule has 0 aliphatic carbocycles. The van der Waals surface area contributed by atoms with E-state index >= 15 is 0 Å². The molecule has 10 heteroatoms. The van der Waals surface area contributed by atoms with Crippen molar-refractivity contribution in [3.63, 3.8) is 0 Å². The molecule has 2 rings (SSSR count). The van der Waals surface area contributed by atoms with Crippen LogP contribution in [0, 0.1) is 5.95 Å². The van der Waals surface area contributed by atoms with Gasteiger partial charge in [0.1, 0.15) is 15.8 Å². The highest BCUT2D eigenvalue weighted by molar-refractivity contribution is 7.86. The van der Waals surface area contributed by atoms with Gasteiger partial charge in [0.15, 0.2) is 16.3 Å². The number of nitrogens with zero attached hydrogens (tertiary/aromatic N) is 1. The van der Waals surface area contributed by atoms with E-state index in [9.17, 15) is 17.6 Å². The number of aromatic nitrogens is 1. The van der Waals surface area contributed by atoms with Gasteiger partial charge in [-0.2, -0.15) is 17.7 Å². The summed E-state index contributed by atoms with van der Waals surface area (Å²) in [5, 5.41) is 2.14. The molecule has 0 N–H and O–H groups in total. The van der Waals surface area contributed by atoms with Crippen LogP contribution in [0.1, 0.15) is 0 Å². The van der Waals surface area contributed by atoms with Gasteiger partial charge in [0, 0.05) is 11.3 Å². The third-order valence-corrected chi connectivity index (χ3v) is 6.50. The molecule has 0 saturated carbocycles. The molecule has 24 heavy (non-hydrogen) atoms. The molecule has 2 aromatic rings. The maximum Gasteiger partial charge on any atom is 0.485 e. The number of halogens is 4. The van der Waals surface area contributed by atoms with E-state index in [1.807, 2.05) is 30.3 Å². The van der Waals surface area contributed by atoms with Gasteiger partial charge >= 0.3 is 11.5 Å². The average Bonchev–Trinajstić information content (AvgIpc) is 2.49. The van der Waals surface area contributed by atoms with Crippen molar-refractivity contribution in [3.8, 4) is 0 Å². The minimum absolute atomic E-state index is 0.106. The van der Waals surface area contributed by atoms with Crippen molar-refractivity contribution in [1.82, 2.24) is 0 Å². The van der Waals surface area contributed by atoms with E-state index in [2.05, 4.69) is 18.7 Å². The predicted molar refractivity (Wildman–Crippen MR) is 82.1 cm³/mol. The summed E-state index contributed by atoms with van der Waals surface area (Å²) in [7, 11) is -5.73. The largest absolute Gasteiger partial charge is 0.741 e. The van der Waals surface area contributed by atoms with E-state index in [1.165, 1.54) is 5.19 Å². The molecular formula is C14H15F4NO3SSi. The van der Waals surface area contributed by atoms with Crippen molar-refractivity contribution in [2.24, 2.45) is 7.05 Å². The zero-order valence-electron chi connectivity index (χ0n) is 12.8. The van der Waals surface area contributed by atoms with E-state index in [0.717, 1.165) is 5.19 Å². The van der Waals surface area contributed by atoms with Crippen molar-refractivity contribution in [1.29, 1.82) is 0 Å². The molecule has 0 spiro atoms. The molecule has 1 heterocycles. The number of aryl methyl sites for hydroxylation is 1. The number of hydrogen-bond acceptors (Lipinski definition) is 3. The summed E-state index contributed by atoms with van der Waals surface area (Å²) in [5.74, 6) is -0.106. The summed E-state index contributed by atoms with van der Waals surface area (Å²) in [6, 6.07) is 14.0. The van der Waals surface area contributed by atoms with Gasteiger partial charge in [0.2, 0.25) is 0 Å². The smallest absolute Gasteiger partial charge is 0.485 e. The third-order valence-electron chi connectivity index (χ3n) is 3.18. The van der Waals surface area contributed by atoms with Crippen LogP contribution in [0.15, 0.2) is 48.7 Å². The predicted octanol–water partition coefficient (Wildman–Crippen LogP) is 0.673. The second-order valence-corrected chi connectivity index (χ2v) is 9.00. The maximum absolute atomic E-state index is 13.9. The van der Waals surface area contributed by atoms with Crippen molar-refractivity contribution in [2.75, 3.05) is 0 Å². The fourth-order valence-electron chi connectivity index (χ4n) is 1.86. The Morgan fingerprint density at radius 2 is 1.58 bits per heavy atom. The lowest BCUT2D eigenvalue weighted by molar-refractivity contribution is -0.699. The normalized spacial score (nSPS) is 13.0. The van der Waals surface area contributed by atoms with Crippen molar-refractivity contribution >= 4 is 29.3 Å². The summed E-state index contributed by atoms with van der Waals surface area (Å²) in [6.45, 7) is 2.16. The molecule has 0 saturated heterocycles. The molecule has 0 bridgehead atoms. The average molecular weight is 381 g/mol. The van der Waals surface area contributed by atoms with Crippen LogP contribution in [0.5, 0.6) is 0 Å². The number of alkyl halides is 3. The molecule has 1 unspecified atom stereocenters. The van der Waals surface area contributed by atoms with Crippen LogP contribution < -0.4 is 14.9 Å². The van der Waals surface area contributed by atoms with Gasteiger partial charge in [-0.05, 0) is 6.07 Å². The Kier molecular flexibility index (Phi) is 6.64. The standard InChI is InChI=1S/C13H15FNSi.CHF3O3S/c1-15-10-6-9-12(13(15)14)16(2)11-7-4-3-5-8-11;2-1(3,4)8(5,6)7/h3-10,16H,1-2H3;(H,5,6,7)/q+1;/p-1. The van der Waals surface area contributed by atoms with Gasteiger partial charge in [-0.25, -0.2) is 8.42 Å². The van der Waals surface area contributed by atoms with Gasteiger partial charge in [-0.3, -0.25) is 0 Å². The van der Waals surface area contributed by atoms with E-state index < -0.39 is 24.4 Å². The molecular weight excluding hydrogens is 366 g/mol. The van der Waals surface area contributed by atoms with E-state index in [-0.39, 0.29) is 5.95 Å². The highest BCUT2D eigenvalue weighted by Crippen LogP contribution is 2.20. The Labute approximate surface area is 138 Å². The maximum atomic E-state index is 13.9. The van der Waals surface area contributed by atoms with Crippen LogP contribution >= 0.6 is 0 Å². The second kappa shape index (κ2) is 7.86. The molecule has 1 atom stereocenters. The second-order valence-electron chi connectivity index (χ2n) is 4.90. The third kappa shape index (κ3) is 5.39. The minimum atomic E-state index is -6.09. The Bertz CT molecular complexity index is 782. The number of hydrogen-bond donors (Lipinski definition) is 0. The Morgan fingerprint density at radius 3 is 2.04 bits per heavy atom.